The zero-order chi connectivity index (χ0) is 13.7. The molecule has 0 amide bonds. The van der Waals surface area contributed by atoms with Crippen molar-refractivity contribution in [2.75, 3.05) is 0 Å². The third-order valence-corrected chi connectivity index (χ3v) is 2.24. The van der Waals surface area contributed by atoms with Gasteiger partial charge in [-0.1, -0.05) is 17.0 Å². The van der Waals surface area contributed by atoms with Crippen LogP contribution in [0.15, 0.2) is 41.8 Å². The number of pyridine rings is 1. The number of hydrogen-bond acceptors (Lipinski definition) is 3. The molecule has 19 heavy (non-hydrogen) atoms. The Labute approximate surface area is 108 Å². The normalized spacial score (nSPS) is 10.2. The summed E-state index contributed by atoms with van der Waals surface area (Å²) in [4.78, 5) is 3.91. The number of rotatable bonds is 1. The van der Waals surface area contributed by atoms with Gasteiger partial charge in [-0.3, -0.25) is 4.98 Å². The van der Waals surface area contributed by atoms with Crippen LogP contribution in [-0.2, 0) is 0 Å². The molecule has 1 aromatic heterocycles. The van der Waals surface area contributed by atoms with Crippen LogP contribution in [0.25, 0.3) is 0 Å². The first kappa shape index (κ1) is 12.7. The Hall–Kier alpha value is -2.74. The van der Waals surface area contributed by atoms with Gasteiger partial charge in [0.15, 0.2) is 11.6 Å². The molecule has 0 aliphatic heterocycles. The van der Waals surface area contributed by atoms with Gasteiger partial charge in [0.25, 0.3) is 0 Å². The number of nitrogens with zero attached hydrogens (tertiary/aromatic N) is 2. The second-order valence-electron chi connectivity index (χ2n) is 3.63. The lowest BCUT2D eigenvalue weighted by molar-refractivity contribution is 0.322. The molecule has 5 heteroatoms. The number of halogens is 2. The number of hydrogen-bond donors (Lipinski definition) is 1. The Bertz CT molecular complexity index is 687. The van der Waals surface area contributed by atoms with E-state index in [4.69, 9.17) is 5.21 Å². The van der Waals surface area contributed by atoms with Gasteiger partial charge in [-0.25, -0.2) is 8.78 Å². The fraction of sp³-hybridized carbons (Fsp3) is 0. The van der Waals surface area contributed by atoms with Crippen LogP contribution >= 0.6 is 0 Å². The monoisotopic (exact) mass is 258 g/mol. The molecule has 2 rings (SSSR count). The van der Waals surface area contributed by atoms with Crippen LogP contribution in [0.3, 0.4) is 0 Å². The molecule has 0 saturated heterocycles. The van der Waals surface area contributed by atoms with E-state index >= 15 is 0 Å². The maximum absolute atomic E-state index is 13.0. The van der Waals surface area contributed by atoms with E-state index in [1.165, 1.54) is 24.7 Å². The fourth-order valence-electron chi connectivity index (χ4n) is 1.38. The summed E-state index contributed by atoms with van der Waals surface area (Å²) in [5, 5.41) is 11.3. The van der Waals surface area contributed by atoms with E-state index in [9.17, 15) is 8.78 Å². The molecule has 0 spiro atoms. The maximum atomic E-state index is 13.0. The Morgan fingerprint density at radius 1 is 1.05 bits per heavy atom. The zero-order valence-electron chi connectivity index (χ0n) is 9.64. The molecule has 0 radical (unpaired) electrons. The lowest BCUT2D eigenvalue weighted by Gasteiger charge is -1.94. The zero-order valence-corrected chi connectivity index (χ0v) is 9.64. The van der Waals surface area contributed by atoms with E-state index in [-0.39, 0.29) is 0 Å². The highest BCUT2D eigenvalue weighted by atomic mass is 19.2. The second kappa shape index (κ2) is 5.74. The third-order valence-electron chi connectivity index (χ3n) is 2.24. The summed E-state index contributed by atoms with van der Waals surface area (Å²) in [6.07, 6.45) is 4.24. The summed E-state index contributed by atoms with van der Waals surface area (Å²) in [5.74, 6) is 3.61. The molecule has 0 fully saturated rings. The summed E-state index contributed by atoms with van der Waals surface area (Å²) < 4.78 is 25.7. The smallest absolute Gasteiger partial charge is 0.160 e. The van der Waals surface area contributed by atoms with Crippen LogP contribution in [-0.4, -0.2) is 16.4 Å². The predicted octanol–water partition coefficient (Wildman–Crippen LogP) is 2.57. The van der Waals surface area contributed by atoms with Crippen molar-refractivity contribution in [1.29, 1.82) is 0 Å². The Kier molecular flexibility index (Phi) is 3.84. The molecule has 1 N–H and O–H groups in total. The first-order chi connectivity index (χ1) is 9.19. The Morgan fingerprint density at radius 2 is 1.84 bits per heavy atom. The van der Waals surface area contributed by atoms with Gasteiger partial charge in [0.1, 0.15) is 0 Å². The highest BCUT2D eigenvalue weighted by molar-refractivity contribution is 5.79. The van der Waals surface area contributed by atoms with Crippen molar-refractivity contribution in [3.8, 4) is 11.8 Å². The number of aromatic nitrogens is 1. The molecule has 0 bridgehead atoms. The van der Waals surface area contributed by atoms with Gasteiger partial charge in [-0.2, -0.15) is 0 Å². The second-order valence-corrected chi connectivity index (χ2v) is 3.63. The van der Waals surface area contributed by atoms with E-state index in [2.05, 4.69) is 22.0 Å². The average molecular weight is 258 g/mol. The van der Waals surface area contributed by atoms with E-state index in [0.29, 0.717) is 16.7 Å². The van der Waals surface area contributed by atoms with Gasteiger partial charge in [-0.15, -0.1) is 0 Å². The SMILES string of the molecule is ON=Cc1cncc(C#Cc2ccc(F)c(F)c2)c1. The van der Waals surface area contributed by atoms with Gasteiger partial charge < -0.3 is 5.21 Å². The van der Waals surface area contributed by atoms with Crippen molar-refractivity contribution in [2.45, 2.75) is 0 Å². The van der Waals surface area contributed by atoms with Crippen LogP contribution in [0.5, 0.6) is 0 Å². The van der Waals surface area contributed by atoms with Crippen LogP contribution in [0.4, 0.5) is 8.78 Å². The van der Waals surface area contributed by atoms with Gasteiger partial charge in [0.2, 0.25) is 0 Å². The van der Waals surface area contributed by atoms with E-state index < -0.39 is 11.6 Å². The lowest BCUT2D eigenvalue weighted by atomic mass is 10.2. The van der Waals surface area contributed by atoms with Crippen LogP contribution in [0.2, 0.25) is 0 Å². The molecule has 0 atom stereocenters. The van der Waals surface area contributed by atoms with Crippen molar-refractivity contribution in [3.05, 3.63) is 65.0 Å². The molecular weight excluding hydrogens is 250 g/mol. The van der Waals surface area contributed by atoms with E-state index in [1.54, 1.807) is 6.07 Å². The van der Waals surface area contributed by atoms with Gasteiger partial charge in [0, 0.05) is 29.1 Å². The summed E-state index contributed by atoms with van der Waals surface area (Å²) in [7, 11) is 0. The summed E-state index contributed by atoms with van der Waals surface area (Å²) in [5.41, 5.74) is 1.52. The van der Waals surface area contributed by atoms with Crippen molar-refractivity contribution in [1.82, 2.24) is 4.98 Å². The van der Waals surface area contributed by atoms with Crippen molar-refractivity contribution in [2.24, 2.45) is 5.16 Å². The minimum absolute atomic E-state index is 0.361. The van der Waals surface area contributed by atoms with Crippen LogP contribution < -0.4 is 0 Å². The molecule has 2 aromatic rings. The quantitative estimate of drug-likeness (QED) is 0.370. The Balaban J connectivity index is 2.28. The third kappa shape index (κ3) is 3.36. The fourth-order valence-corrected chi connectivity index (χ4v) is 1.38. The predicted molar refractivity (Wildman–Crippen MR) is 66.0 cm³/mol. The topological polar surface area (TPSA) is 45.5 Å². The minimum atomic E-state index is -0.939. The number of benzene rings is 1. The molecule has 0 aliphatic carbocycles. The minimum Gasteiger partial charge on any atom is -0.411 e. The highest BCUT2D eigenvalue weighted by Crippen LogP contribution is 2.08. The summed E-state index contributed by atoms with van der Waals surface area (Å²) >= 11 is 0. The van der Waals surface area contributed by atoms with Crippen LogP contribution in [0, 0.1) is 23.5 Å². The highest BCUT2D eigenvalue weighted by Gasteiger charge is 2.00. The molecule has 3 nitrogen and oxygen atoms in total. The van der Waals surface area contributed by atoms with Crippen molar-refractivity contribution in [3.63, 3.8) is 0 Å². The summed E-state index contributed by atoms with van der Waals surface area (Å²) in [6, 6.07) is 5.08. The van der Waals surface area contributed by atoms with Gasteiger partial charge in [-0.05, 0) is 24.3 Å². The van der Waals surface area contributed by atoms with Gasteiger partial charge in [0.05, 0.1) is 6.21 Å². The average Bonchev–Trinajstić information content (AvgIpc) is 2.41. The van der Waals surface area contributed by atoms with Gasteiger partial charge >= 0.3 is 0 Å². The largest absolute Gasteiger partial charge is 0.411 e. The molecular formula is C14H8F2N2O. The molecule has 0 saturated carbocycles. The molecule has 0 aliphatic rings. The summed E-state index contributed by atoms with van der Waals surface area (Å²) in [6.45, 7) is 0. The first-order valence-electron chi connectivity index (χ1n) is 5.28. The molecule has 1 aromatic carbocycles. The lowest BCUT2D eigenvalue weighted by Crippen LogP contribution is -1.87. The Morgan fingerprint density at radius 3 is 2.58 bits per heavy atom. The molecule has 0 unspecified atom stereocenters. The maximum Gasteiger partial charge on any atom is 0.160 e. The van der Waals surface area contributed by atoms with Crippen molar-refractivity contribution < 1.29 is 14.0 Å². The standard InChI is InChI=1S/C14H8F2N2O/c15-13-4-3-10(6-14(13)16)1-2-11-5-12(9-18-19)8-17-7-11/h3-9,19H. The van der Waals surface area contributed by atoms with E-state index in [1.807, 2.05) is 0 Å². The molecule has 1 heterocycles. The number of oxime groups is 1. The van der Waals surface area contributed by atoms with E-state index in [0.717, 1.165) is 12.1 Å². The van der Waals surface area contributed by atoms with Crippen molar-refractivity contribution >= 4 is 6.21 Å². The first-order valence-corrected chi connectivity index (χ1v) is 5.28. The van der Waals surface area contributed by atoms with Crippen LogP contribution in [0.1, 0.15) is 16.7 Å². The molecule has 94 valence electrons.